The van der Waals surface area contributed by atoms with E-state index in [2.05, 4.69) is 51.7 Å². The smallest absolute Gasteiger partial charge is 0.0192 e. The highest BCUT2D eigenvalue weighted by atomic mass is 15.3. The number of likely N-dealkylation sites (N-methyl/N-ethyl adjacent to an activating group) is 1. The Bertz CT molecular complexity index is 89.1. The van der Waals surface area contributed by atoms with E-state index in [9.17, 15) is 0 Å². The molecule has 2 unspecified atom stereocenters. The summed E-state index contributed by atoms with van der Waals surface area (Å²) < 4.78 is 0. The molecule has 1 fully saturated rings. The lowest BCUT2D eigenvalue weighted by atomic mass is 10.4. The first-order valence-corrected chi connectivity index (χ1v) is 6.31. The molecule has 0 bridgehead atoms. The molecule has 0 aromatic rings. The summed E-state index contributed by atoms with van der Waals surface area (Å²) in [5.74, 6) is 0. The van der Waals surface area contributed by atoms with E-state index in [4.69, 9.17) is 0 Å². The third-order valence-corrected chi connectivity index (χ3v) is 2.20. The van der Waals surface area contributed by atoms with Gasteiger partial charge in [0, 0.05) is 18.6 Å². The van der Waals surface area contributed by atoms with Crippen molar-refractivity contribution < 1.29 is 0 Å². The van der Waals surface area contributed by atoms with E-state index in [1.54, 1.807) is 0 Å². The molecular formula is C15H42N2. The Hall–Kier alpha value is -0.0800. The second-order valence-electron chi connectivity index (χ2n) is 3.85. The van der Waals surface area contributed by atoms with Crippen molar-refractivity contribution in [3.05, 3.63) is 0 Å². The van der Waals surface area contributed by atoms with Gasteiger partial charge >= 0.3 is 0 Å². The minimum atomic E-state index is 0. The van der Waals surface area contributed by atoms with E-state index in [1.165, 1.54) is 6.54 Å². The van der Waals surface area contributed by atoms with Gasteiger partial charge in [0.05, 0.1) is 0 Å². The van der Waals surface area contributed by atoms with Crippen LogP contribution in [0, 0.1) is 0 Å². The van der Waals surface area contributed by atoms with E-state index >= 15 is 0 Å². The maximum absolute atomic E-state index is 2.29. The molecule has 0 radical (unpaired) electrons. The molecule has 0 spiro atoms. The minimum absolute atomic E-state index is 0. The minimum Gasteiger partial charge on any atom is -0.307 e. The van der Waals surface area contributed by atoms with E-state index < -0.39 is 0 Å². The molecule has 0 amide bonds. The topological polar surface area (TPSA) is 6.25 Å². The molecule has 1 rings (SSSR count). The van der Waals surface area contributed by atoms with Crippen LogP contribution in [0.15, 0.2) is 0 Å². The molecular weight excluding hydrogens is 208 g/mol. The van der Waals surface area contributed by atoms with E-state index in [-0.39, 0.29) is 14.9 Å². The molecule has 0 aromatic carbocycles. The summed E-state index contributed by atoms with van der Waals surface area (Å²) in [5, 5.41) is 0. The third kappa shape index (κ3) is 31.3. The predicted molar refractivity (Wildman–Crippen MR) is 87.1 cm³/mol. The molecule has 0 saturated carbocycles. The number of hydrogen-bond donors (Lipinski definition) is 0. The van der Waals surface area contributed by atoms with Crippen molar-refractivity contribution in [2.75, 3.05) is 27.7 Å². The van der Waals surface area contributed by atoms with Crippen molar-refractivity contribution in [1.82, 2.24) is 9.80 Å². The largest absolute Gasteiger partial charge is 0.307 e. The summed E-state index contributed by atoms with van der Waals surface area (Å²) in [6.07, 6.45) is 0. The fraction of sp³-hybridized carbons (Fsp3) is 1.00. The maximum Gasteiger partial charge on any atom is 0.0192 e. The van der Waals surface area contributed by atoms with Crippen LogP contribution in [-0.2, 0) is 0 Å². The van der Waals surface area contributed by atoms with Crippen LogP contribution < -0.4 is 0 Å². The lowest BCUT2D eigenvalue weighted by Gasteiger charge is -2.12. The molecule has 0 N–H and O–H groups in total. The van der Waals surface area contributed by atoms with Gasteiger partial charge in [-0.3, -0.25) is 0 Å². The number of hydrogen-bond acceptors (Lipinski definition) is 2. The van der Waals surface area contributed by atoms with Crippen molar-refractivity contribution in [3.63, 3.8) is 0 Å². The van der Waals surface area contributed by atoms with Gasteiger partial charge in [-0.2, -0.15) is 0 Å². The Morgan fingerprint density at radius 3 is 1.12 bits per heavy atom. The van der Waals surface area contributed by atoms with Crippen LogP contribution in [0.4, 0.5) is 0 Å². The number of rotatable bonds is 1. The Labute approximate surface area is 113 Å². The molecule has 1 aliphatic heterocycles. The first-order chi connectivity index (χ1) is 6.95. The zero-order valence-electron chi connectivity index (χ0n) is 12.8. The van der Waals surface area contributed by atoms with E-state index in [0.717, 1.165) is 6.04 Å². The Balaban J connectivity index is -0.0000000402. The van der Waals surface area contributed by atoms with Crippen LogP contribution in [0.5, 0.6) is 0 Å². The van der Waals surface area contributed by atoms with Gasteiger partial charge in [0.15, 0.2) is 0 Å². The molecule has 0 aromatic heterocycles. The lowest BCUT2D eigenvalue weighted by Crippen LogP contribution is -2.20. The Kier molecular flexibility index (Phi) is 37.7. The van der Waals surface area contributed by atoms with Crippen molar-refractivity contribution in [3.8, 4) is 0 Å². The highest BCUT2D eigenvalue weighted by Gasteiger charge is 2.22. The Morgan fingerprint density at radius 1 is 1.00 bits per heavy atom. The van der Waals surface area contributed by atoms with Crippen molar-refractivity contribution in [2.24, 2.45) is 0 Å². The zero-order chi connectivity index (χ0) is 13.0. The SMILES string of the molecule is C.C.CC.CC.CC(C)N(C)C.CC1CN1C. The Morgan fingerprint density at radius 2 is 1.12 bits per heavy atom. The van der Waals surface area contributed by atoms with Crippen LogP contribution in [0.3, 0.4) is 0 Å². The number of nitrogens with zero attached hydrogens (tertiary/aromatic N) is 2. The van der Waals surface area contributed by atoms with Gasteiger partial charge in [-0.25, -0.2) is 0 Å². The van der Waals surface area contributed by atoms with E-state index in [1.807, 2.05) is 27.7 Å². The lowest BCUT2D eigenvalue weighted by molar-refractivity contribution is 0.335. The molecule has 2 heteroatoms. The summed E-state index contributed by atoms with van der Waals surface area (Å²) in [4.78, 5) is 4.46. The average molecular weight is 251 g/mol. The highest BCUT2D eigenvalue weighted by Crippen LogP contribution is 2.09. The van der Waals surface area contributed by atoms with Crippen LogP contribution in [-0.4, -0.2) is 49.6 Å². The maximum atomic E-state index is 2.29. The molecule has 0 aliphatic carbocycles. The van der Waals surface area contributed by atoms with Crippen LogP contribution >= 0.6 is 0 Å². The fourth-order valence-electron chi connectivity index (χ4n) is 0.370. The normalized spacial score (nSPS) is 19.1. The van der Waals surface area contributed by atoms with Gasteiger partial charge in [0.1, 0.15) is 0 Å². The van der Waals surface area contributed by atoms with Crippen molar-refractivity contribution >= 4 is 0 Å². The summed E-state index contributed by atoms with van der Waals surface area (Å²) in [6, 6.07) is 1.57. The average Bonchev–Trinajstić information content (AvgIpc) is 2.87. The van der Waals surface area contributed by atoms with Crippen molar-refractivity contribution in [1.29, 1.82) is 0 Å². The summed E-state index contributed by atoms with van der Waals surface area (Å²) in [5.41, 5.74) is 0. The molecule has 1 heterocycles. The van der Waals surface area contributed by atoms with Crippen LogP contribution in [0.25, 0.3) is 0 Å². The quantitative estimate of drug-likeness (QED) is 0.627. The van der Waals surface area contributed by atoms with Gasteiger partial charge in [0.2, 0.25) is 0 Å². The first-order valence-electron chi connectivity index (χ1n) is 6.31. The van der Waals surface area contributed by atoms with Gasteiger partial charge in [-0.15, -0.1) is 0 Å². The third-order valence-electron chi connectivity index (χ3n) is 2.20. The van der Waals surface area contributed by atoms with Gasteiger partial charge in [-0.1, -0.05) is 42.5 Å². The van der Waals surface area contributed by atoms with Gasteiger partial charge < -0.3 is 9.80 Å². The van der Waals surface area contributed by atoms with Crippen LogP contribution in [0.2, 0.25) is 0 Å². The summed E-state index contributed by atoms with van der Waals surface area (Å²) >= 11 is 0. The van der Waals surface area contributed by atoms with Gasteiger partial charge in [0.25, 0.3) is 0 Å². The molecule has 2 atom stereocenters. The monoisotopic (exact) mass is 250 g/mol. The predicted octanol–water partition coefficient (Wildman–Crippen LogP) is 4.60. The molecule has 2 nitrogen and oxygen atoms in total. The standard InChI is InChI=1S/C5H13N.C4H9N.2C2H6.2CH4/c1-5(2)6(3)4;1-4-3-5(4)2;2*1-2;;/h5H,1-4H3;4H,3H2,1-2H3;2*1-2H3;2*1H4. The summed E-state index contributed by atoms with van der Waals surface area (Å²) in [6.45, 7) is 15.9. The van der Waals surface area contributed by atoms with Crippen molar-refractivity contribution in [2.45, 2.75) is 75.4 Å². The highest BCUT2D eigenvalue weighted by molar-refractivity contribution is 4.79. The zero-order valence-corrected chi connectivity index (χ0v) is 12.8. The second kappa shape index (κ2) is 21.2. The molecule has 112 valence electrons. The molecule has 1 saturated heterocycles. The summed E-state index contributed by atoms with van der Waals surface area (Å²) in [7, 11) is 6.28. The van der Waals surface area contributed by atoms with Crippen LogP contribution in [0.1, 0.15) is 63.3 Å². The fourth-order valence-corrected chi connectivity index (χ4v) is 0.370. The second-order valence-corrected chi connectivity index (χ2v) is 3.85. The van der Waals surface area contributed by atoms with Gasteiger partial charge in [-0.05, 0) is 41.9 Å². The molecule has 1 aliphatic rings. The first kappa shape index (κ1) is 30.2. The molecule has 17 heavy (non-hydrogen) atoms. The van der Waals surface area contributed by atoms with E-state index in [0.29, 0.717) is 6.04 Å².